The van der Waals surface area contributed by atoms with Gasteiger partial charge in [-0.25, -0.2) is 4.98 Å². The minimum Gasteiger partial charge on any atom is -0.482 e. The summed E-state index contributed by atoms with van der Waals surface area (Å²) in [6.07, 6.45) is 1.73. The van der Waals surface area contributed by atoms with Gasteiger partial charge in [-0.2, -0.15) is 5.10 Å². The molecule has 3 heterocycles. The maximum absolute atomic E-state index is 13.0. The molecular weight excluding hydrogens is 334 g/mol. The van der Waals surface area contributed by atoms with Crippen LogP contribution in [0.2, 0.25) is 0 Å². The predicted molar refractivity (Wildman–Crippen MR) is 93.8 cm³/mol. The van der Waals surface area contributed by atoms with Gasteiger partial charge < -0.3 is 9.64 Å². The van der Waals surface area contributed by atoms with E-state index in [4.69, 9.17) is 4.74 Å². The lowest BCUT2D eigenvalue weighted by molar-refractivity contribution is -0.132. The maximum atomic E-state index is 13.0. The Hall–Kier alpha value is -2.90. The van der Waals surface area contributed by atoms with Gasteiger partial charge in [0.1, 0.15) is 18.1 Å². The number of carbonyl (C=O) groups is 2. The molecule has 1 aromatic heterocycles. The molecule has 0 aliphatic carbocycles. The Labute approximate surface area is 151 Å². The average Bonchev–Trinajstić information content (AvgIpc) is 3.26. The number of rotatable bonds is 3. The molecule has 1 aromatic carbocycles. The highest BCUT2D eigenvalue weighted by molar-refractivity contribution is 6.02. The number of amides is 2. The molecule has 136 valence electrons. The Kier molecular flexibility index (Phi) is 4.10. The van der Waals surface area contributed by atoms with Crippen molar-refractivity contribution >= 4 is 17.5 Å². The molecule has 8 heteroatoms. The van der Waals surface area contributed by atoms with E-state index >= 15 is 0 Å². The van der Waals surface area contributed by atoms with Crippen LogP contribution in [0.15, 0.2) is 18.2 Å². The molecule has 0 bridgehead atoms. The van der Waals surface area contributed by atoms with Crippen LogP contribution in [0.1, 0.15) is 36.1 Å². The second-order valence-corrected chi connectivity index (χ2v) is 6.76. The molecule has 1 N–H and O–H groups in total. The van der Waals surface area contributed by atoms with Gasteiger partial charge in [0.05, 0.1) is 11.7 Å². The quantitative estimate of drug-likeness (QED) is 0.901. The third kappa shape index (κ3) is 2.91. The molecule has 2 aliphatic heterocycles. The first-order valence-electron chi connectivity index (χ1n) is 8.75. The summed E-state index contributed by atoms with van der Waals surface area (Å²) in [4.78, 5) is 33.0. The van der Waals surface area contributed by atoms with E-state index in [9.17, 15) is 9.59 Å². The van der Waals surface area contributed by atoms with Crippen LogP contribution >= 0.6 is 0 Å². The number of likely N-dealkylation sites (tertiary alicyclic amines) is 1. The van der Waals surface area contributed by atoms with Crippen LogP contribution in [-0.4, -0.2) is 51.6 Å². The van der Waals surface area contributed by atoms with Crippen molar-refractivity contribution in [2.24, 2.45) is 0 Å². The van der Waals surface area contributed by atoms with Crippen molar-refractivity contribution in [2.75, 3.05) is 24.6 Å². The van der Waals surface area contributed by atoms with E-state index in [0.29, 0.717) is 23.8 Å². The molecule has 2 aliphatic rings. The summed E-state index contributed by atoms with van der Waals surface area (Å²) < 4.78 is 5.48. The second-order valence-electron chi connectivity index (χ2n) is 6.76. The lowest BCUT2D eigenvalue weighted by Gasteiger charge is -2.31. The molecule has 0 spiro atoms. The van der Waals surface area contributed by atoms with Crippen LogP contribution < -0.4 is 9.64 Å². The van der Waals surface area contributed by atoms with Crippen molar-refractivity contribution in [3.63, 3.8) is 0 Å². The summed E-state index contributed by atoms with van der Waals surface area (Å²) >= 11 is 0. The van der Waals surface area contributed by atoms with Gasteiger partial charge in [-0.3, -0.25) is 19.6 Å². The minimum absolute atomic E-state index is 0.00144. The van der Waals surface area contributed by atoms with E-state index in [-0.39, 0.29) is 31.0 Å². The van der Waals surface area contributed by atoms with Gasteiger partial charge >= 0.3 is 0 Å². The molecule has 4 rings (SSSR count). The Morgan fingerprint density at radius 2 is 2.23 bits per heavy atom. The lowest BCUT2D eigenvalue weighted by atomic mass is 10.1. The summed E-state index contributed by atoms with van der Waals surface area (Å²) in [5.74, 6) is 1.69. The normalized spacial score (nSPS) is 19.5. The minimum atomic E-state index is -0.207. The molecule has 0 radical (unpaired) electrons. The molecule has 1 fully saturated rings. The van der Waals surface area contributed by atoms with E-state index in [0.717, 1.165) is 24.2 Å². The molecule has 1 saturated heterocycles. The number of H-pyrrole nitrogens is 1. The van der Waals surface area contributed by atoms with Gasteiger partial charge in [-0.05, 0) is 44.4 Å². The Bertz CT molecular complexity index is 862. The van der Waals surface area contributed by atoms with E-state index in [1.165, 1.54) is 4.90 Å². The molecule has 2 amide bonds. The number of aromatic amines is 1. The van der Waals surface area contributed by atoms with Crippen molar-refractivity contribution in [3.05, 3.63) is 35.4 Å². The number of nitrogens with zero attached hydrogens (tertiary/aromatic N) is 4. The van der Waals surface area contributed by atoms with Gasteiger partial charge in [0, 0.05) is 6.54 Å². The SMILES string of the molecule is Cc1ccc2c(c1)N(CC(=O)N1CCCC1c1n[nH]c(C)n1)C(=O)CO2. The van der Waals surface area contributed by atoms with Crippen molar-refractivity contribution in [1.82, 2.24) is 20.1 Å². The van der Waals surface area contributed by atoms with E-state index in [1.54, 1.807) is 4.90 Å². The maximum Gasteiger partial charge on any atom is 0.265 e. The fraction of sp³-hybridized carbons (Fsp3) is 0.444. The molecular formula is C18H21N5O3. The number of anilines is 1. The number of benzene rings is 1. The number of ether oxygens (including phenoxy) is 1. The average molecular weight is 355 g/mol. The number of aromatic nitrogens is 3. The number of carbonyl (C=O) groups excluding carboxylic acids is 2. The molecule has 1 unspecified atom stereocenters. The largest absolute Gasteiger partial charge is 0.482 e. The van der Waals surface area contributed by atoms with Crippen molar-refractivity contribution in [1.29, 1.82) is 0 Å². The topological polar surface area (TPSA) is 91.4 Å². The zero-order chi connectivity index (χ0) is 18.3. The second kappa shape index (κ2) is 6.44. The summed E-state index contributed by atoms with van der Waals surface area (Å²) in [5.41, 5.74) is 1.66. The summed E-state index contributed by atoms with van der Waals surface area (Å²) in [5, 5.41) is 7.04. The van der Waals surface area contributed by atoms with E-state index in [2.05, 4.69) is 15.2 Å². The standard InChI is InChI=1S/C18H21N5O3/c1-11-5-6-15-14(8-11)23(17(25)10-26-15)9-16(24)22-7-3-4-13(22)18-19-12(2)20-21-18/h5-6,8,13H,3-4,7,9-10H2,1-2H3,(H,19,20,21). The van der Waals surface area contributed by atoms with E-state index in [1.807, 2.05) is 32.0 Å². The molecule has 2 aromatic rings. The zero-order valence-corrected chi connectivity index (χ0v) is 14.9. The van der Waals surface area contributed by atoms with Crippen LogP contribution in [0.5, 0.6) is 5.75 Å². The Morgan fingerprint density at radius 3 is 3.00 bits per heavy atom. The third-order valence-corrected chi connectivity index (χ3v) is 4.84. The predicted octanol–water partition coefficient (Wildman–Crippen LogP) is 1.51. The Morgan fingerprint density at radius 1 is 1.38 bits per heavy atom. The summed E-state index contributed by atoms with van der Waals surface area (Å²) in [7, 11) is 0. The van der Waals surface area contributed by atoms with E-state index < -0.39 is 0 Å². The smallest absolute Gasteiger partial charge is 0.265 e. The number of hydrogen-bond donors (Lipinski definition) is 1. The van der Waals surface area contributed by atoms with Crippen LogP contribution in [0.4, 0.5) is 5.69 Å². The van der Waals surface area contributed by atoms with Gasteiger partial charge in [0.25, 0.3) is 5.91 Å². The first kappa shape index (κ1) is 16.6. The van der Waals surface area contributed by atoms with Gasteiger partial charge in [-0.1, -0.05) is 6.07 Å². The monoisotopic (exact) mass is 355 g/mol. The highest BCUT2D eigenvalue weighted by Gasteiger charge is 2.35. The van der Waals surface area contributed by atoms with Crippen LogP contribution in [0, 0.1) is 13.8 Å². The summed E-state index contributed by atoms with van der Waals surface area (Å²) in [6.45, 7) is 4.38. The van der Waals surface area contributed by atoms with Crippen LogP contribution in [-0.2, 0) is 9.59 Å². The Balaban J connectivity index is 1.56. The molecule has 1 atom stereocenters. The number of aryl methyl sites for hydroxylation is 2. The first-order chi connectivity index (χ1) is 12.5. The first-order valence-corrected chi connectivity index (χ1v) is 8.75. The fourth-order valence-electron chi connectivity index (χ4n) is 3.55. The van der Waals surface area contributed by atoms with Crippen molar-refractivity contribution in [3.8, 4) is 5.75 Å². The third-order valence-electron chi connectivity index (χ3n) is 4.84. The van der Waals surface area contributed by atoms with Crippen molar-refractivity contribution < 1.29 is 14.3 Å². The van der Waals surface area contributed by atoms with Crippen LogP contribution in [0.3, 0.4) is 0 Å². The van der Waals surface area contributed by atoms with Gasteiger partial charge in [0.2, 0.25) is 5.91 Å². The number of hydrogen-bond acceptors (Lipinski definition) is 5. The number of nitrogens with one attached hydrogen (secondary N) is 1. The van der Waals surface area contributed by atoms with Gasteiger partial charge in [0.15, 0.2) is 12.4 Å². The lowest BCUT2D eigenvalue weighted by Crippen LogP contribution is -2.46. The van der Waals surface area contributed by atoms with Crippen LogP contribution in [0.25, 0.3) is 0 Å². The highest BCUT2D eigenvalue weighted by Crippen LogP contribution is 2.34. The number of fused-ring (bicyclic) bond motifs is 1. The van der Waals surface area contributed by atoms with Crippen molar-refractivity contribution in [2.45, 2.75) is 32.7 Å². The summed E-state index contributed by atoms with van der Waals surface area (Å²) in [6, 6.07) is 5.50. The fourth-order valence-corrected chi connectivity index (χ4v) is 3.55. The molecule has 0 saturated carbocycles. The zero-order valence-electron chi connectivity index (χ0n) is 14.9. The van der Waals surface area contributed by atoms with Gasteiger partial charge in [-0.15, -0.1) is 0 Å². The molecule has 26 heavy (non-hydrogen) atoms. The molecule has 8 nitrogen and oxygen atoms in total. The highest BCUT2D eigenvalue weighted by atomic mass is 16.5.